The molecule has 1 saturated heterocycles. The van der Waals surface area contributed by atoms with Crippen LogP contribution < -0.4 is 10.2 Å². The van der Waals surface area contributed by atoms with E-state index in [1.807, 2.05) is 18.2 Å². The first-order valence-electron chi connectivity index (χ1n) is 10.6. The largest absolute Gasteiger partial charge is 0.368 e. The Balaban J connectivity index is 1.19. The Morgan fingerprint density at radius 3 is 2.66 bits per heavy atom. The molecule has 150 valence electrons. The summed E-state index contributed by atoms with van der Waals surface area (Å²) >= 11 is 0. The van der Waals surface area contributed by atoms with Crippen molar-refractivity contribution in [3.8, 4) is 0 Å². The van der Waals surface area contributed by atoms with Crippen LogP contribution in [0.1, 0.15) is 42.9 Å². The van der Waals surface area contributed by atoms with Crippen molar-refractivity contribution in [3.63, 3.8) is 0 Å². The van der Waals surface area contributed by atoms with Crippen LogP contribution in [0.15, 0.2) is 42.7 Å². The van der Waals surface area contributed by atoms with Gasteiger partial charge in [0.05, 0.1) is 11.4 Å². The summed E-state index contributed by atoms with van der Waals surface area (Å²) in [7, 11) is 0. The van der Waals surface area contributed by atoms with Crippen LogP contribution in [0.5, 0.6) is 0 Å². The number of hydrogen-bond donors (Lipinski definition) is 1. The number of carbonyl (C=O) groups excluding carboxylic acids is 1. The number of benzene rings is 1. The lowest BCUT2D eigenvalue weighted by molar-refractivity contribution is -0.125. The fourth-order valence-electron chi connectivity index (χ4n) is 4.14. The molecule has 1 aromatic carbocycles. The Morgan fingerprint density at radius 2 is 1.90 bits per heavy atom. The third kappa shape index (κ3) is 3.95. The Bertz CT molecular complexity index is 989. The zero-order chi connectivity index (χ0) is 19.6. The van der Waals surface area contributed by atoms with Gasteiger partial charge in [-0.2, -0.15) is 9.61 Å². The summed E-state index contributed by atoms with van der Waals surface area (Å²) in [5.41, 5.74) is 4.29. The van der Waals surface area contributed by atoms with Gasteiger partial charge in [0, 0.05) is 31.5 Å². The fraction of sp³-hybridized carbons (Fsp3) is 0.455. The van der Waals surface area contributed by atoms with E-state index in [9.17, 15) is 4.79 Å². The van der Waals surface area contributed by atoms with Gasteiger partial charge >= 0.3 is 0 Å². The maximum absolute atomic E-state index is 12.6. The smallest absolute Gasteiger partial charge is 0.223 e. The standard InChI is InChI=1S/C22H26N6O/c29-22(23-11-8-16-4-2-1-3-5-16)18-9-12-27(13-10-18)20-14-19(17-6-7-17)26-28-15-24-25-21(20)28/h1-5,14-15,17-18H,6-13H2,(H,23,29). The summed E-state index contributed by atoms with van der Waals surface area (Å²) in [5.74, 6) is 0.843. The van der Waals surface area contributed by atoms with Gasteiger partial charge in [0.15, 0.2) is 0 Å². The van der Waals surface area contributed by atoms with Gasteiger partial charge in [-0.3, -0.25) is 4.79 Å². The number of fused-ring (bicyclic) bond motifs is 1. The number of hydrogen-bond acceptors (Lipinski definition) is 5. The second-order valence-electron chi connectivity index (χ2n) is 8.12. The molecule has 0 spiro atoms. The average Bonchev–Trinajstić information content (AvgIpc) is 3.51. The highest BCUT2D eigenvalue weighted by Gasteiger charge is 2.30. The van der Waals surface area contributed by atoms with E-state index in [4.69, 9.17) is 0 Å². The molecule has 0 unspecified atom stereocenters. The molecule has 0 bridgehead atoms. The zero-order valence-corrected chi connectivity index (χ0v) is 16.5. The van der Waals surface area contributed by atoms with E-state index in [2.05, 4.69) is 43.7 Å². The van der Waals surface area contributed by atoms with Crippen LogP contribution in [0.2, 0.25) is 0 Å². The molecule has 7 nitrogen and oxygen atoms in total. The molecule has 5 rings (SSSR count). The highest BCUT2D eigenvalue weighted by Crippen LogP contribution is 2.40. The van der Waals surface area contributed by atoms with E-state index < -0.39 is 0 Å². The van der Waals surface area contributed by atoms with Crippen molar-refractivity contribution >= 4 is 17.2 Å². The van der Waals surface area contributed by atoms with Crippen LogP contribution in [-0.2, 0) is 11.2 Å². The van der Waals surface area contributed by atoms with Crippen molar-refractivity contribution in [1.82, 2.24) is 25.1 Å². The summed E-state index contributed by atoms with van der Waals surface area (Å²) < 4.78 is 1.80. The zero-order valence-electron chi connectivity index (χ0n) is 16.5. The first-order valence-corrected chi connectivity index (χ1v) is 10.6. The van der Waals surface area contributed by atoms with Crippen LogP contribution in [0.4, 0.5) is 5.69 Å². The maximum atomic E-state index is 12.6. The normalized spacial score (nSPS) is 17.6. The Kier molecular flexibility index (Phi) is 4.87. The van der Waals surface area contributed by atoms with Crippen LogP contribution >= 0.6 is 0 Å². The summed E-state index contributed by atoms with van der Waals surface area (Å²) in [4.78, 5) is 14.9. The number of amides is 1. The van der Waals surface area contributed by atoms with E-state index in [0.717, 1.165) is 49.4 Å². The quantitative estimate of drug-likeness (QED) is 0.700. The monoisotopic (exact) mass is 390 g/mol. The molecule has 7 heteroatoms. The van der Waals surface area contributed by atoms with Crippen molar-refractivity contribution in [2.45, 2.75) is 38.0 Å². The second kappa shape index (κ2) is 7.81. The fourth-order valence-corrected chi connectivity index (χ4v) is 4.14. The number of aromatic nitrogens is 4. The summed E-state index contributed by atoms with van der Waals surface area (Å²) in [6.07, 6.45) is 6.70. The highest BCUT2D eigenvalue weighted by molar-refractivity contribution is 5.79. The number of rotatable bonds is 6. The number of nitrogens with one attached hydrogen (secondary N) is 1. The predicted octanol–water partition coefficient (Wildman–Crippen LogP) is 2.58. The van der Waals surface area contributed by atoms with Crippen molar-refractivity contribution < 1.29 is 4.79 Å². The summed E-state index contributed by atoms with van der Waals surface area (Å²) in [6.45, 7) is 2.40. The number of anilines is 1. The van der Waals surface area contributed by atoms with Gasteiger partial charge in [-0.25, -0.2) is 0 Å². The van der Waals surface area contributed by atoms with E-state index in [1.54, 1.807) is 10.8 Å². The number of piperidine rings is 1. The number of nitrogens with zero attached hydrogens (tertiary/aromatic N) is 5. The molecule has 29 heavy (non-hydrogen) atoms. The molecule has 3 heterocycles. The van der Waals surface area contributed by atoms with E-state index >= 15 is 0 Å². The molecule has 1 aliphatic carbocycles. The van der Waals surface area contributed by atoms with Crippen molar-refractivity contribution in [1.29, 1.82) is 0 Å². The van der Waals surface area contributed by atoms with Gasteiger partial charge < -0.3 is 10.2 Å². The van der Waals surface area contributed by atoms with E-state index in [1.165, 1.54) is 18.4 Å². The minimum Gasteiger partial charge on any atom is -0.368 e. The van der Waals surface area contributed by atoms with Gasteiger partial charge in [0.25, 0.3) is 0 Å². The van der Waals surface area contributed by atoms with Crippen LogP contribution in [0.25, 0.3) is 5.65 Å². The average molecular weight is 390 g/mol. The summed E-state index contributed by atoms with van der Waals surface area (Å²) in [5, 5.41) is 16.1. The van der Waals surface area contributed by atoms with Crippen molar-refractivity contribution in [3.05, 3.63) is 54.0 Å². The third-order valence-electron chi connectivity index (χ3n) is 6.03. The molecule has 1 N–H and O–H groups in total. The van der Waals surface area contributed by atoms with Crippen LogP contribution in [-0.4, -0.2) is 45.4 Å². The van der Waals surface area contributed by atoms with Crippen molar-refractivity contribution in [2.75, 3.05) is 24.5 Å². The van der Waals surface area contributed by atoms with E-state index in [-0.39, 0.29) is 11.8 Å². The van der Waals surface area contributed by atoms with Crippen molar-refractivity contribution in [2.24, 2.45) is 5.92 Å². The van der Waals surface area contributed by atoms with E-state index in [0.29, 0.717) is 12.5 Å². The first kappa shape index (κ1) is 18.1. The molecule has 1 saturated carbocycles. The lowest BCUT2D eigenvalue weighted by Crippen LogP contribution is -2.41. The SMILES string of the molecule is O=C(NCCc1ccccc1)C1CCN(c2cc(C3CC3)nn3cnnc23)CC1. The molecule has 2 aliphatic rings. The lowest BCUT2D eigenvalue weighted by Gasteiger charge is -2.33. The Hall–Kier alpha value is -2.96. The summed E-state index contributed by atoms with van der Waals surface area (Å²) in [6, 6.07) is 12.5. The van der Waals surface area contributed by atoms with Gasteiger partial charge in [-0.15, -0.1) is 10.2 Å². The molecular formula is C22H26N6O. The topological polar surface area (TPSA) is 75.4 Å². The molecule has 3 aromatic rings. The van der Waals surface area contributed by atoms with Gasteiger partial charge in [0.1, 0.15) is 6.33 Å². The second-order valence-corrected chi connectivity index (χ2v) is 8.12. The molecule has 1 aliphatic heterocycles. The van der Waals surface area contributed by atoms with Gasteiger partial charge in [0.2, 0.25) is 11.6 Å². The molecule has 0 radical (unpaired) electrons. The Labute approximate surface area is 170 Å². The lowest BCUT2D eigenvalue weighted by atomic mass is 9.95. The van der Waals surface area contributed by atoms with Gasteiger partial charge in [-0.1, -0.05) is 30.3 Å². The maximum Gasteiger partial charge on any atom is 0.223 e. The minimum atomic E-state index is 0.0839. The number of carbonyl (C=O) groups is 1. The molecule has 1 amide bonds. The highest BCUT2D eigenvalue weighted by atomic mass is 16.1. The molecule has 2 fully saturated rings. The van der Waals surface area contributed by atoms with Gasteiger partial charge in [-0.05, 0) is 43.7 Å². The minimum absolute atomic E-state index is 0.0839. The van der Waals surface area contributed by atoms with Crippen LogP contribution in [0, 0.1) is 5.92 Å². The Morgan fingerprint density at radius 1 is 1.10 bits per heavy atom. The molecule has 0 atom stereocenters. The van der Waals surface area contributed by atoms with Crippen LogP contribution in [0.3, 0.4) is 0 Å². The predicted molar refractivity (Wildman–Crippen MR) is 111 cm³/mol. The molecular weight excluding hydrogens is 364 g/mol. The molecule has 2 aromatic heterocycles. The third-order valence-corrected chi connectivity index (χ3v) is 6.03. The first-order chi connectivity index (χ1) is 14.3.